The van der Waals surface area contributed by atoms with E-state index in [4.69, 9.17) is 8.85 Å². The van der Waals surface area contributed by atoms with Gasteiger partial charge in [-0.3, -0.25) is 0 Å². The van der Waals surface area contributed by atoms with Crippen molar-refractivity contribution in [3.05, 3.63) is 24.3 Å². The van der Waals surface area contributed by atoms with E-state index < -0.39 is 8.56 Å². The molecule has 0 amide bonds. The van der Waals surface area contributed by atoms with E-state index in [1.54, 1.807) is 22.1 Å². The third-order valence-corrected chi connectivity index (χ3v) is 11.7. The van der Waals surface area contributed by atoms with Gasteiger partial charge in [0.25, 0.3) is 0 Å². The van der Waals surface area contributed by atoms with Crippen molar-refractivity contribution in [3.63, 3.8) is 0 Å². The lowest BCUT2D eigenvalue weighted by atomic mass is 10.3. The van der Waals surface area contributed by atoms with Crippen molar-refractivity contribution < 1.29 is 8.85 Å². The van der Waals surface area contributed by atoms with E-state index in [0.29, 0.717) is 0 Å². The van der Waals surface area contributed by atoms with Crippen molar-refractivity contribution in [1.82, 2.24) is 4.98 Å². The maximum Gasteiger partial charge on any atom is 0.334 e. The molecule has 1 aromatic carbocycles. The van der Waals surface area contributed by atoms with Crippen LogP contribution in [0.3, 0.4) is 0 Å². The fourth-order valence-corrected chi connectivity index (χ4v) is 10.2. The van der Waals surface area contributed by atoms with Crippen LogP contribution < -0.4 is 0 Å². The molecule has 0 bridgehead atoms. The van der Waals surface area contributed by atoms with Gasteiger partial charge < -0.3 is 8.85 Å². The summed E-state index contributed by atoms with van der Waals surface area (Å²) >= 11 is 1.76. The summed E-state index contributed by atoms with van der Waals surface area (Å²) in [5.41, 5.74) is 1.10. The summed E-state index contributed by atoms with van der Waals surface area (Å²) in [4.78, 5) is 4.63. The zero-order valence-corrected chi connectivity index (χ0v) is 18.0. The minimum Gasteiger partial charge on any atom is -0.395 e. The Morgan fingerprint density at radius 3 is 2.61 bits per heavy atom. The molecule has 0 aliphatic heterocycles. The van der Waals surface area contributed by atoms with Crippen molar-refractivity contribution in [1.29, 1.82) is 0 Å². The molecule has 8 heteroatoms. The van der Waals surface area contributed by atoms with Crippen LogP contribution in [-0.2, 0) is 8.85 Å². The monoisotopic (exact) mass is 405 g/mol. The molecule has 0 aliphatic rings. The number of thiazole rings is 1. The Kier molecular flexibility index (Phi) is 8.81. The van der Waals surface area contributed by atoms with Crippen LogP contribution in [-0.4, -0.2) is 32.5 Å². The molecule has 0 N–H and O–H groups in total. The lowest BCUT2D eigenvalue weighted by Crippen LogP contribution is -2.38. The summed E-state index contributed by atoms with van der Waals surface area (Å²) < 4.78 is 14.1. The van der Waals surface area contributed by atoms with Gasteiger partial charge in [0.15, 0.2) is 4.34 Å². The second kappa shape index (κ2) is 10.3. The van der Waals surface area contributed by atoms with E-state index in [9.17, 15) is 0 Å². The molecular weight excluding hydrogens is 383 g/mol. The molecular formula is C15H23NO2S4Si. The van der Waals surface area contributed by atoms with E-state index in [0.717, 1.165) is 41.3 Å². The first kappa shape index (κ1) is 19.6. The second-order valence-electron chi connectivity index (χ2n) is 5.02. The van der Waals surface area contributed by atoms with Crippen LogP contribution in [0, 0.1) is 0 Å². The minimum absolute atomic E-state index is 0.748. The van der Waals surface area contributed by atoms with Crippen molar-refractivity contribution in [2.45, 2.75) is 37.2 Å². The number of nitrogens with zero attached hydrogens (tertiary/aromatic N) is 1. The number of fused-ring (bicyclic) bond motifs is 1. The number of hydrogen-bond acceptors (Lipinski definition) is 7. The van der Waals surface area contributed by atoms with Gasteiger partial charge in [-0.2, -0.15) is 0 Å². The Bertz CT molecular complexity index is 557. The van der Waals surface area contributed by atoms with Crippen LogP contribution in [0.2, 0.25) is 12.6 Å². The first-order chi connectivity index (χ1) is 11.2. The summed E-state index contributed by atoms with van der Waals surface area (Å²) in [5.74, 6) is 1.12. The fraction of sp³-hybridized carbons (Fsp3) is 0.533. The average molecular weight is 406 g/mol. The summed E-state index contributed by atoms with van der Waals surface area (Å²) in [7, 11) is 3.53. The normalized spacial score (nSPS) is 12.1. The van der Waals surface area contributed by atoms with Crippen molar-refractivity contribution in [2.24, 2.45) is 0 Å². The zero-order valence-electron chi connectivity index (χ0n) is 13.7. The first-order valence-electron chi connectivity index (χ1n) is 7.76. The molecule has 0 fully saturated rings. The van der Waals surface area contributed by atoms with Gasteiger partial charge in [0, 0.05) is 19.0 Å². The maximum absolute atomic E-state index is 5.87. The Balaban J connectivity index is 1.65. The quantitative estimate of drug-likeness (QED) is 0.250. The molecule has 2 aromatic rings. The molecule has 1 aromatic heterocycles. The summed E-state index contributed by atoms with van der Waals surface area (Å²) in [5, 5.41) is 0. The lowest BCUT2D eigenvalue weighted by Gasteiger charge is -2.25. The minimum atomic E-state index is -1.94. The van der Waals surface area contributed by atoms with E-state index in [2.05, 4.69) is 29.7 Å². The Morgan fingerprint density at radius 1 is 1.17 bits per heavy atom. The topological polar surface area (TPSA) is 31.4 Å². The molecule has 2 rings (SSSR count). The second-order valence-corrected chi connectivity index (χ2v) is 13.8. The molecule has 0 aliphatic carbocycles. The average Bonchev–Trinajstić information content (AvgIpc) is 2.94. The van der Waals surface area contributed by atoms with Crippen molar-refractivity contribution in [2.75, 3.05) is 19.0 Å². The number of benzene rings is 1. The smallest absolute Gasteiger partial charge is 0.334 e. The third kappa shape index (κ3) is 6.60. The first-order valence-corrected chi connectivity index (χ1v) is 14.8. The Labute approximate surface area is 155 Å². The molecule has 0 atom stereocenters. The number of hydrogen-bond donors (Lipinski definition) is 0. The fourth-order valence-electron chi connectivity index (χ4n) is 2.22. The van der Waals surface area contributed by atoms with Gasteiger partial charge in [0.1, 0.15) is 0 Å². The van der Waals surface area contributed by atoms with Crippen LogP contribution in [0.5, 0.6) is 0 Å². The van der Waals surface area contributed by atoms with Gasteiger partial charge in [-0.05, 0) is 65.6 Å². The number of aromatic nitrogens is 1. The summed E-state index contributed by atoms with van der Waals surface area (Å²) in [6, 6.07) is 9.36. The van der Waals surface area contributed by atoms with Gasteiger partial charge in [0.2, 0.25) is 0 Å². The third-order valence-electron chi connectivity index (χ3n) is 3.19. The van der Waals surface area contributed by atoms with Crippen LogP contribution in [0.1, 0.15) is 20.3 Å². The molecule has 128 valence electrons. The van der Waals surface area contributed by atoms with Gasteiger partial charge in [-0.15, -0.1) is 11.3 Å². The maximum atomic E-state index is 5.87. The number of rotatable bonds is 11. The van der Waals surface area contributed by atoms with Crippen LogP contribution in [0.25, 0.3) is 10.2 Å². The van der Waals surface area contributed by atoms with Crippen LogP contribution >= 0.6 is 42.8 Å². The molecule has 23 heavy (non-hydrogen) atoms. The van der Waals surface area contributed by atoms with Gasteiger partial charge in [0.05, 0.1) is 10.2 Å². The molecule has 0 saturated carbocycles. The highest BCUT2D eigenvalue weighted by molar-refractivity contribution is 9.09. The van der Waals surface area contributed by atoms with Crippen LogP contribution in [0.4, 0.5) is 0 Å². The van der Waals surface area contributed by atoms with Gasteiger partial charge >= 0.3 is 8.56 Å². The largest absolute Gasteiger partial charge is 0.395 e. The highest BCUT2D eigenvalue weighted by Gasteiger charge is 2.29. The molecule has 0 saturated heterocycles. The van der Waals surface area contributed by atoms with Crippen molar-refractivity contribution >= 4 is 61.5 Å². The van der Waals surface area contributed by atoms with E-state index in [-0.39, 0.29) is 0 Å². The highest BCUT2D eigenvalue weighted by Crippen LogP contribution is 2.43. The Hall–Kier alpha value is 0.297. The molecule has 0 radical (unpaired) electrons. The van der Waals surface area contributed by atoms with E-state index >= 15 is 0 Å². The molecule has 0 unspecified atom stereocenters. The predicted molar refractivity (Wildman–Crippen MR) is 110 cm³/mol. The van der Waals surface area contributed by atoms with E-state index in [1.165, 1.54) is 4.70 Å². The standard InChI is InChI=1S/C15H23NO2S4Si/c1-4-17-23(3,18-5-2)12-8-11-19-22-21-15-16-13-9-6-7-10-14(13)20-15/h6-7,9-10H,4-5,8,11-12H2,1-3H3. The predicted octanol–water partition coefficient (Wildman–Crippen LogP) is 6.22. The zero-order chi connectivity index (χ0) is 16.5. The molecule has 3 nitrogen and oxygen atoms in total. The number of para-hydroxylation sites is 1. The summed E-state index contributed by atoms with van der Waals surface area (Å²) in [6.07, 6.45) is 1.14. The molecule has 0 spiro atoms. The SMILES string of the molecule is CCO[Si](C)(CCCSSSc1nc2ccccc2s1)OCC. The summed E-state index contributed by atoms with van der Waals surface area (Å²) in [6.45, 7) is 7.76. The van der Waals surface area contributed by atoms with E-state index in [1.807, 2.05) is 40.5 Å². The van der Waals surface area contributed by atoms with Crippen LogP contribution in [0.15, 0.2) is 28.6 Å². The highest BCUT2D eigenvalue weighted by atomic mass is 33.5. The molecule has 1 heterocycles. The van der Waals surface area contributed by atoms with Gasteiger partial charge in [-0.25, -0.2) is 4.98 Å². The lowest BCUT2D eigenvalue weighted by molar-refractivity contribution is 0.189. The van der Waals surface area contributed by atoms with Gasteiger partial charge in [-0.1, -0.05) is 22.9 Å². The van der Waals surface area contributed by atoms with Crippen molar-refractivity contribution in [3.8, 4) is 0 Å². The Morgan fingerprint density at radius 2 is 1.91 bits per heavy atom.